The Morgan fingerprint density at radius 2 is 1.79 bits per heavy atom. The highest BCUT2D eigenvalue weighted by Gasteiger charge is 2.22. The third-order valence-corrected chi connectivity index (χ3v) is 6.09. The van der Waals surface area contributed by atoms with Crippen molar-refractivity contribution in [1.82, 2.24) is 10.9 Å². The summed E-state index contributed by atoms with van der Waals surface area (Å²) in [6.45, 7) is 0.830. The van der Waals surface area contributed by atoms with Crippen molar-refractivity contribution >= 4 is 23.2 Å². The van der Waals surface area contributed by atoms with Crippen LogP contribution in [0.1, 0.15) is 49.7 Å². The number of benzene rings is 1. The second kappa shape index (κ2) is 8.10. The molecule has 2 amide bonds. The number of methoxy groups -OCH3 is 1. The molecule has 2 aliphatic rings. The summed E-state index contributed by atoms with van der Waals surface area (Å²) in [6.07, 6.45) is 5.60. The Morgan fingerprint density at radius 1 is 1.00 bits per heavy atom. The van der Waals surface area contributed by atoms with Gasteiger partial charge in [-0.25, -0.2) is 0 Å². The summed E-state index contributed by atoms with van der Waals surface area (Å²) >= 11 is 1.51. The van der Waals surface area contributed by atoms with E-state index in [4.69, 9.17) is 14.2 Å². The first-order valence-electron chi connectivity index (χ1n) is 9.35. The van der Waals surface area contributed by atoms with E-state index in [1.165, 1.54) is 35.3 Å². The molecular weight excluding hydrogens is 380 g/mol. The number of amides is 2. The fourth-order valence-corrected chi connectivity index (χ4v) is 4.58. The highest BCUT2D eigenvalue weighted by molar-refractivity contribution is 7.14. The molecular formula is C20H22N2O5S. The van der Waals surface area contributed by atoms with Crippen molar-refractivity contribution in [3.8, 4) is 17.2 Å². The number of hydrazine groups is 1. The van der Waals surface area contributed by atoms with Gasteiger partial charge in [0, 0.05) is 10.4 Å². The third kappa shape index (κ3) is 3.77. The Balaban J connectivity index is 1.44. The molecule has 2 heterocycles. The van der Waals surface area contributed by atoms with Crippen molar-refractivity contribution in [3.05, 3.63) is 39.1 Å². The van der Waals surface area contributed by atoms with E-state index in [1.807, 2.05) is 6.07 Å². The Kier molecular flexibility index (Phi) is 5.38. The van der Waals surface area contributed by atoms with Gasteiger partial charge in [-0.3, -0.25) is 20.4 Å². The predicted octanol–water partition coefficient (Wildman–Crippen LogP) is 2.87. The van der Waals surface area contributed by atoms with Crippen molar-refractivity contribution in [2.45, 2.75) is 32.1 Å². The Labute approximate surface area is 167 Å². The molecule has 4 rings (SSSR count). The molecule has 0 atom stereocenters. The van der Waals surface area contributed by atoms with E-state index >= 15 is 0 Å². The van der Waals surface area contributed by atoms with Gasteiger partial charge in [0.1, 0.15) is 13.2 Å². The van der Waals surface area contributed by atoms with E-state index in [1.54, 1.807) is 12.1 Å². The van der Waals surface area contributed by atoms with E-state index < -0.39 is 5.91 Å². The number of carbonyl (C=O) groups excluding carboxylic acids is 2. The van der Waals surface area contributed by atoms with E-state index in [0.717, 1.165) is 25.7 Å². The van der Waals surface area contributed by atoms with Crippen molar-refractivity contribution < 1.29 is 23.8 Å². The largest absolute Gasteiger partial charge is 0.493 e. The fourth-order valence-electron chi connectivity index (χ4n) is 3.43. The molecule has 2 N–H and O–H groups in total. The number of thiophene rings is 1. The number of ether oxygens (including phenoxy) is 3. The van der Waals surface area contributed by atoms with Gasteiger partial charge in [0.2, 0.25) is 5.75 Å². The molecule has 1 aliphatic carbocycles. The van der Waals surface area contributed by atoms with Gasteiger partial charge in [0.25, 0.3) is 11.8 Å². The molecule has 1 aliphatic heterocycles. The number of aryl methyl sites for hydroxylation is 2. The van der Waals surface area contributed by atoms with Crippen LogP contribution in [-0.2, 0) is 12.8 Å². The van der Waals surface area contributed by atoms with Crippen LogP contribution in [-0.4, -0.2) is 32.1 Å². The highest BCUT2D eigenvalue weighted by Crippen LogP contribution is 2.40. The standard InChI is InChI=1S/C20H22N2O5S/c1-25-14-9-13(10-15-18(14)27-8-7-26-15)19(23)21-22-20(24)17-11-12-5-3-2-4-6-16(12)28-17/h9-11H,2-8H2,1H3,(H,21,23)(H,22,24). The predicted molar refractivity (Wildman–Crippen MR) is 104 cm³/mol. The first-order valence-corrected chi connectivity index (χ1v) is 10.2. The number of hydrogen-bond acceptors (Lipinski definition) is 6. The van der Waals surface area contributed by atoms with E-state index in [9.17, 15) is 9.59 Å². The Hall–Kier alpha value is -2.74. The normalized spacial score (nSPS) is 15.2. The minimum Gasteiger partial charge on any atom is -0.493 e. The average molecular weight is 402 g/mol. The summed E-state index contributed by atoms with van der Waals surface area (Å²) in [6, 6.07) is 5.08. The summed E-state index contributed by atoms with van der Waals surface area (Å²) in [5.74, 6) is 0.576. The topological polar surface area (TPSA) is 85.9 Å². The molecule has 0 spiro atoms. The van der Waals surface area contributed by atoms with Crippen molar-refractivity contribution in [2.75, 3.05) is 20.3 Å². The maximum absolute atomic E-state index is 12.5. The molecule has 7 nitrogen and oxygen atoms in total. The van der Waals surface area contributed by atoms with E-state index in [0.29, 0.717) is 40.9 Å². The minimum atomic E-state index is -0.457. The zero-order valence-electron chi connectivity index (χ0n) is 15.6. The first-order chi connectivity index (χ1) is 13.7. The second-order valence-corrected chi connectivity index (χ2v) is 7.87. The number of nitrogens with one attached hydrogen (secondary N) is 2. The van der Waals surface area contributed by atoms with E-state index in [2.05, 4.69) is 10.9 Å². The minimum absolute atomic E-state index is 0.309. The molecule has 148 valence electrons. The summed E-state index contributed by atoms with van der Waals surface area (Å²) < 4.78 is 16.4. The lowest BCUT2D eigenvalue weighted by Gasteiger charge is -2.21. The van der Waals surface area contributed by atoms with Gasteiger partial charge in [-0.2, -0.15) is 0 Å². The van der Waals surface area contributed by atoms with Crippen LogP contribution in [0, 0.1) is 0 Å². The van der Waals surface area contributed by atoms with Gasteiger partial charge in [0.05, 0.1) is 12.0 Å². The lowest BCUT2D eigenvalue weighted by atomic mass is 10.1. The first kappa shape index (κ1) is 18.6. The lowest BCUT2D eigenvalue weighted by Crippen LogP contribution is -2.41. The summed E-state index contributed by atoms with van der Waals surface area (Å²) in [4.78, 5) is 26.9. The highest BCUT2D eigenvalue weighted by atomic mass is 32.1. The van der Waals surface area contributed by atoms with E-state index in [-0.39, 0.29) is 5.91 Å². The monoisotopic (exact) mass is 402 g/mol. The number of carbonyl (C=O) groups is 2. The quantitative estimate of drug-likeness (QED) is 0.609. The number of fused-ring (bicyclic) bond motifs is 2. The van der Waals surface area contributed by atoms with Crippen LogP contribution in [0.4, 0.5) is 0 Å². The molecule has 1 aromatic heterocycles. The van der Waals surface area contributed by atoms with Gasteiger partial charge < -0.3 is 14.2 Å². The Bertz CT molecular complexity index is 867. The number of hydrogen-bond donors (Lipinski definition) is 2. The SMILES string of the molecule is COc1cc(C(=O)NNC(=O)c2cc3c(s2)CCCCC3)cc2c1OCCO2. The van der Waals surface area contributed by atoms with Crippen LogP contribution in [0.3, 0.4) is 0 Å². The fraction of sp³-hybridized carbons (Fsp3) is 0.400. The summed E-state index contributed by atoms with van der Waals surface area (Å²) in [5, 5.41) is 0. The molecule has 0 fully saturated rings. The second-order valence-electron chi connectivity index (χ2n) is 6.73. The van der Waals surface area contributed by atoms with Crippen LogP contribution < -0.4 is 25.1 Å². The van der Waals surface area contributed by atoms with Crippen LogP contribution in [0.2, 0.25) is 0 Å². The molecule has 2 aromatic rings. The van der Waals surface area contributed by atoms with Crippen molar-refractivity contribution in [1.29, 1.82) is 0 Å². The molecule has 0 saturated heterocycles. The molecule has 28 heavy (non-hydrogen) atoms. The smallest absolute Gasteiger partial charge is 0.279 e. The third-order valence-electron chi connectivity index (χ3n) is 4.85. The van der Waals surface area contributed by atoms with Crippen LogP contribution >= 0.6 is 11.3 Å². The van der Waals surface area contributed by atoms with Crippen LogP contribution in [0.15, 0.2) is 18.2 Å². The van der Waals surface area contributed by atoms with Gasteiger partial charge in [-0.05, 0) is 49.4 Å². The maximum atomic E-state index is 12.5. The zero-order valence-corrected chi connectivity index (χ0v) is 16.4. The van der Waals surface area contributed by atoms with Crippen LogP contribution in [0.5, 0.6) is 17.2 Å². The molecule has 0 saturated carbocycles. The van der Waals surface area contributed by atoms with Crippen LogP contribution in [0.25, 0.3) is 0 Å². The average Bonchev–Trinajstić information content (AvgIpc) is 3.01. The van der Waals surface area contributed by atoms with Gasteiger partial charge >= 0.3 is 0 Å². The summed E-state index contributed by atoms with van der Waals surface area (Å²) in [7, 11) is 1.50. The lowest BCUT2D eigenvalue weighted by molar-refractivity contribution is 0.0848. The van der Waals surface area contributed by atoms with Gasteiger partial charge in [-0.1, -0.05) is 6.42 Å². The summed E-state index contributed by atoms with van der Waals surface area (Å²) in [5.41, 5.74) is 6.53. The van der Waals surface area contributed by atoms with Gasteiger partial charge in [0.15, 0.2) is 11.5 Å². The van der Waals surface area contributed by atoms with Crippen molar-refractivity contribution in [3.63, 3.8) is 0 Å². The molecule has 1 aromatic carbocycles. The maximum Gasteiger partial charge on any atom is 0.279 e. The molecule has 0 radical (unpaired) electrons. The van der Waals surface area contributed by atoms with Crippen molar-refractivity contribution in [2.24, 2.45) is 0 Å². The van der Waals surface area contributed by atoms with Gasteiger partial charge in [-0.15, -0.1) is 11.3 Å². The molecule has 8 heteroatoms. The number of rotatable bonds is 3. The molecule has 0 unspecified atom stereocenters. The zero-order chi connectivity index (χ0) is 19.5. The molecule has 0 bridgehead atoms. The Morgan fingerprint density at radius 3 is 2.64 bits per heavy atom.